The first-order chi connectivity index (χ1) is 7.90. The number of hydrogen-bond donors (Lipinski definition) is 1. The van der Waals surface area contributed by atoms with Gasteiger partial charge in [0.05, 0.1) is 5.75 Å². The molecule has 0 saturated heterocycles. The summed E-state index contributed by atoms with van der Waals surface area (Å²) >= 11 is 0. The zero-order valence-corrected chi connectivity index (χ0v) is 11.9. The van der Waals surface area contributed by atoms with Gasteiger partial charge in [0.25, 0.3) is 0 Å². The Morgan fingerprint density at radius 1 is 1.24 bits per heavy atom. The molecule has 0 aromatic heterocycles. The largest absolute Gasteiger partial charge is 0.329 e. The molecule has 4 nitrogen and oxygen atoms in total. The van der Waals surface area contributed by atoms with Gasteiger partial charge in [0.15, 0.2) is 0 Å². The van der Waals surface area contributed by atoms with Crippen molar-refractivity contribution in [1.29, 1.82) is 0 Å². The average molecular weight is 262 g/mol. The van der Waals surface area contributed by atoms with Crippen LogP contribution >= 0.6 is 0 Å². The maximum Gasteiger partial charge on any atom is 0.147 e. The molecule has 1 aliphatic carbocycles. The van der Waals surface area contributed by atoms with Crippen LogP contribution in [0.2, 0.25) is 0 Å². The molecule has 0 aromatic rings. The minimum absolute atomic E-state index is 0.121. The lowest BCUT2D eigenvalue weighted by atomic mass is 9.80. The van der Waals surface area contributed by atoms with E-state index in [1.807, 2.05) is 0 Å². The highest BCUT2D eigenvalue weighted by atomic mass is 32.2. The number of hydrogen-bond acceptors (Lipinski definition) is 4. The second kappa shape index (κ2) is 6.16. The fourth-order valence-electron chi connectivity index (χ4n) is 2.75. The predicted octanol–water partition coefficient (Wildman–Crippen LogP) is 1.01. The Labute approximate surface area is 105 Å². The lowest BCUT2D eigenvalue weighted by Crippen LogP contribution is -2.53. The molecule has 1 fully saturated rings. The summed E-state index contributed by atoms with van der Waals surface area (Å²) in [5.41, 5.74) is 6.06. The summed E-state index contributed by atoms with van der Waals surface area (Å²) in [7, 11) is -0.751. The number of sulfone groups is 1. The van der Waals surface area contributed by atoms with Gasteiger partial charge in [0.2, 0.25) is 0 Å². The fourth-order valence-corrected chi connectivity index (χ4v) is 3.41. The van der Waals surface area contributed by atoms with Crippen LogP contribution in [-0.2, 0) is 9.84 Å². The number of nitrogens with zero attached hydrogens (tertiary/aromatic N) is 1. The van der Waals surface area contributed by atoms with E-state index in [1.54, 1.807) is 0 Å². The molecular formula is C12H26N2O2S. The van der Waals surface area contributed by atoms with Crippen molar-refractivity contribution in [2.75, 3.05) is 32.1 Å². The molecule has 1 aliphatic rings. The van der Waals surface area contributed by atoms with E-state index < -0.39 is 9.84 Å². The van der Waals surface area contributed by atoms with Crippen LogP contribution < -0.4 is 5.73 Å². The molecule has 0 heterocycles. The topological polar surface area (TPSA) is 63.4 Å². The number of rotatable bonds is 6. The van der Waals surface area contributed by atoms with E-state index in [1.165, 1.54) is 25.5 Å². The van der Waals surface area contributed by atoms with E-state index >= 15 is 0 Å². The van der Waals surface area contributed by atoms with Gasteiger partial charge in [-0.15, -0.1) is 0 Å². The summed E-state index contributed by atoms with van der Waals surface area (Å²) in [5.74, 6) is 0.276. The Morgan fingerprint density at radius 2 is 1.82 bits per heavy atom. The maximum absolute atomic E-state index is 11.1. The zero-order chi connectivity index (χ0) is 12.9. The Hall–Kier alpha value is -0.130. The van der Waals surface area contributed by atoms with E-state index in [0.29, 0.717) is 13.0 Å². The highest BCUT2D eigenvalue weighted by molar-refractivity contribution is 7.90. The third-order valence-electron chi connectivity index (χ3n) is 3.98. The summed E-state index contributed by atoms with van der Waals surface area (Å²) < 4.78 is 22.2. The van der Waals surface area contributed by atoms with Gasteiger partial charge in [-0.1, -0.05) is 19.3 Å². The zero-order valence-electron chi connectivity index (χ0n) is 11.1. The fraction of sp³-hybridized carbons (Fsp3) is 1.00. The molecule has 5 heteroatoms. The van der Waals surface area contributed by atoms with Crippen LogP contribution in [0.1, 0.15) is 38.5 Å². The van der Waals surface area contributed by atoms with Crippen molar-refractivity contribution in [2.24, 2.45) is 5.73 Å². The van der Waals surface area contributed by atoms with Crippen LogP contribution in [0.5, 0.6) is 0 Å². The van der Waals surface area contributed by atoms with Gasteiger partial charge in [0, 0.05) is 18.3 Å². The first-order valence-electron chi connectivity index (χ1n) is 6.49. The standard InChI is InChI=1S/C12H26N2O2S/c1-14(9-6-10-17(2,15)16)12(11-13)7-4-3-5-8-12/h3-11,13H2,1-2H3. The van der Waals surface area contributed by atoms with Gasteiger partial charge in [-0.25, -0.2) is 8.42 Å². The SMILES string of the molecule is CN(CCCS(C)(=O)=O)C1(CN)CCCCC1. The van der Waals surface area contributed by atoms with Gasteiger partial charge >= 0.3 is 0 Å². The van der Waals surface area contributed by atoms with E-state index in [4.69, 9.17) is 5.73 Å². The van der Waals surface area contributed by atoms with Gasteiger partial charge in [-0.2, -0.15) is 0 Å². The van der Waals surface area contributed by atoms with Crippen LogP contribution in [0.15, 0.2) is 0 Å². The molecule has 2 N–H and O–H groups in total. The third-order valence-corrected chi connectivity index (χ3v) is 5.01. The van der Waals surface area contributed by atoms with E-state index in [9.17, 15) is 8.42 Å². The van der Waals surface area contributed by atoms with E-state index in [2.05, 4.69) is 11.9 Å². The minimum Gasteiger partial charge on any atom is -0.329 e. The van der Waals surface area contributed by atoms with E-state index in [0.717, 1.165) is 19.4 Å². The van der Waals surface area contributed by atoms with Crippen molar-refractivity contribution >= 4 is 9.84 Å². The summed E-state index contributed by atoms with van der Waals surface area (Å²) in [4.78, 5) is 2.29. The molecule has 0 aromatic carbocycles. The lowest BCUT2D eigenvalue weighted by Gasteiger charge is -2.44. The Balaban J connectivity index is 2.46. The van der Waals surface area contributed by atoms with Crippen molar-refractivity contribution in [2.45, 2.75) is 44.1 Å². The molecule has 17 heavy (non-hydrogen) atoms. The van der Waals surface area contributed by atoms with Gasteiger partial charge in [0.1, 0.15) is 9.84 Å². The van der Waals surface area contributed by atoms with Crippen molar-refractivity contribution < 1.29 is 8.42 Å². The average Bonchev–Trinajstić information content (AvgIpc) is 2.28. The van der Waals surface area contributed by atoms with Gasteiger partial charge in [-0.3, -0.25) is 4.90 Å². The summed E-state index contributed by atoms with van der Waals surface area (Å²) in [6.07, 6.45) is 8.10. The molecule has 0 atom stereocenters. The predicted molar refractivity (Wildman–Crippen MR) is 71.8 cm³/mol. The molecule has 0 bridgehead atoms. The molecule has 0 unspecified atom stereocenters. The Kier molecular flexibility index (Phi) is 5.41. The molecule has 0 radical (unpaired) electrons. The second-order valence-corrected chi connectivity index (χ2v) is 7.65. The first-order valence-corrected chi connectivity index (χ1v) is 8.55. The van der Waals surface area contributed by atoms with Crippen LogP contribution in [0.3, 0.4) is 0 Å². The normalized spacial score (nSPS) is 20.7. The number of nitrogens with two attached hydrogens (primary N) is 1. The highest BCUT2D eigenvalue weighted by Crippen LogP contribution is 2.32. The van der Waals surface area contributed by atoms with Crippen LogP contribution in [0.25, 0.3) is 0 Å². The van der Waals surface area contributed by atoms with Gasteiger partial charge in [-0.05, 0) is 32.9 Å². The van der Waals surface area contributed by atoms with Crippen LogP contribution in [0.4, 0.5) is 0 Å². The maximum atomic E-state index is 11.1. The quantitative estimate of drug-likeness (QED) is 0.776. The van der Waals surface area contributed by atoms with Crippen LogP contribution in [-0.4, -0.2) is 51.0 Å². The molecule has 1 saturated carbocycles. The van der Waals surface area contributed by atoms with Crippen molar-refractivity contribution in [3.05, 3.63) is 0 Å². The second-order valence-electron chi connectivity index (χ2n) is 5.39. The molecule has 102 valence electrons. The Bertz CT molecular complexity index is 321. The molecule has 1 rings (SSSR count). The summed E-state index contributed by atoms with van der Waals surface area (Å²) in [6, 6.07) is 0. The van der Waals surface area contributed by atoms with Crippen molar-refractivity contribution in [1.82, 2.24) is 4.90 Å². The summed E-state index contributed by atoms with van der Waals surface area (Å²) in [5, 5.41) is 0. The lowest BCUT2D eigenvalue weighted by molar-refractivity contribution is 0.0830. The minimum atomic E-state index is -2.83. The molecule has 0 aliphatic heterocycles. The smallest absolute Gasteiger partial charge is 0.147 e. The van der Waals surface area contributed by atoms with Crippen molar-refractivity contribution in [3.8, 4) is 0 Å². The van der Waals surface area contributed by atoms with Gasteiger partial charge < -0.3 is 5.73 Å². The van der Waals surface area contributed by atoms with Crippen molar-refractivity contribution in [3.63, 3.8) is 0 Å². The third kappa shape index (κ3) is 4.56. The molecule has 0 amide bonds. The molecule has 0 spiro atoms. The first kappa shape index (κ1) is 14.9. The monoisotopic (exact) mass is 262 g/mol. The molecular weight excluding hydrogens is 236 g/mol. The Morgan fingerprint density at radius 3 is 2.29 bits per heavy atom. The highest BCUT2D eigenvalue weighted by Gasteiger charge is 2.34. The summed E-state index contributed by atoms with van der Waals surface area (Å²) in [6.45, 7) is 1.51. The number of likely N-dealkylation sites (N-methyl/N-ethyl adjacent to an activating group) is 1. The van der Waals surface area contributed by atoms with E-state index in [-0.39, 0.29) is 11.3 Å². The van der Waals surface area contributed by atoms with Crippen LogP contribution in [0, 0.1) is 0 Å².